The molecule has 0 radical (unpaired) electrons. The van der Waals surface area contributed by atoms with Gasteiger partial charge in [-0.25, -0.2) is 0 Å². The van der Waals surface area contributed by atoms with Gasteiger partial charge in [-0.1, -0.05) is 66.7 Å². The third-order valence-corrected chi connectivity index (χ3v) is 4.20. The van der Waals surface area contributed by atoms with Crippen molar-refractivity contribution in [1.82, 2.24) is 0 Å². The Hall–Kier alpha value is -0.0800. The lowest BCUT2D eigenvalue weighted by Gasteiger charge is -2.28. The van der Waals surface area contributed by atoms with E-state index in [4.69, 9.17) is 9.84 Å². The number of ether oxygens (including phenoxy) is 1. The molecule has 0 saturated heterocycles. The second-order valence-corrected chi connectivity index (χ2v) is 5.79. The Morgan fingerprint density at radius 2 is 1.50 bits per heavy atom. The van der Waals surface area contributed by atoms with Gasteiger partial charge < -0.3 is 9.84 Å². The molecule has 1 N–H and O–H groups in total. The van der Waals surface area contributed by atoms with E-state index in [0.717, 1.165) is 5.92 Å². The number of aliphatic hydroxyl groups is 1. The summed E-state index contributed by atoms with van der Waals surface area (Å²) in [6.45, 7) is 2.96. The van der Waals surface area contributed by atoms with Crippen LogP contribution in [0.5, 0.6) is 0 Å². The summed E-state index contributed by atoms with van der Waals surface area (Å²) in [7, 11) is 0. The number of aliphatic hydroxyl groups excluding tert-OH is 1. The molecule has 0 atom stereocenters. The molecule has 1 aliphatic carbocycles. The summed E-state index contributed by atoms with van der Waals surface area (Å²) in [5.41, 5.74) is 0. The smallest absolute Gasteiger partial charge is 0.0701 e. The van der Waals surface area contributed by atoms with Gasteiger partial charge in [0.1, 0.15) is 0 Å². The summed E-state index contributed by atoms with van der Waals surface area (Å²) in [6, 6.07) is 0. The summed E-state index contributed by atoms with van der Waals surface area (Å²) >= 11 is 0. The van der Waals surface area contributed by atoms with Gasteiger partial charge in [-0.2, -0.15) is 0 Å². The molecule has 0 bridgehead atoms. The van der Waals surface area contributed by atoms with Gasteiger partial charge in [0.05, 0.1) is 19.3 Å². The second-order valence-electron chi connectivity index (χ2n) is 5.79. The van der Waals surface area contributed by atoms with Crippen molar-refractivity contribution in [1.29, 1.82) is 0 Å². The fourth-order valence-electron chi connectivity index (χ4n) is 3.02. The molecule has 1 saturated carbocycles. The third kappa shape index (κ3) is 10.7. The molecule has 0 unspecified atom stereocenters. The van der Waals surface area contributed by atoms with Crippen LogP contribution in [-0.4, -0.2) is 24.4 Å². The van der Waals surface area contributed by atoms with Gasteiger partial charge >= 0.3 is 0 Å². The van der Waals surface area contributed by atoms with Crippen LogP contribution in [0.3, 0.4) is 0 Å². The highest BCUT2D eigenvalue weighted by atomic mass is 16.5. The van der Waals surface area contributed by atoms with E-state index < -0.39 is 0 Å². The van der Waals surface area contributed by atoms with E-state index in [9.17, 15) is 0 Å². The molecule has 0 amide bonds. The van der Waals surface area contributed by atoms with E-state index in [2.05, 4.69) is 6.92 Å². The van der Waals surface area contributed by atoms with Crippen LogP contribution >= 0.6 is 0 Å². The second kappa shape index (κ2) is 15.3. The van der Waals surface area contributed by atoms with Crippen LogP contribution in [0.1, 0.15) is 92.4 Å². The maximum Gasteiger partial charge on any atom is 0.0701 e. The first-order valence-corrected chi connectivity index (χ1v) is 8.09. The van der Waals surface area contributed by atoms with Crippen LogP contribution < -0.4 is 0 Å². The SMILES string of the molecule is C.C.CCCCCCCCC1CCC(OCCO)CC1. The quantitative estimate of drug-likeness (QED) is 0.532. The van der Waals surface area contributed by atoms with Crippen molar-refractivity contribution in [2.75, 3.05) is 13.2 Å². The molecule has 1 aliphatic rings. The van der Waals surface area contributed by atoms with Gasteiger partial charge in [0, 0.05) is 0 Å². The summed E-state index contributed by atoms with van der Waals surface area (Å²) in [5, 5.41) is 8.73. The van der Waals surface area contributed by atoms with Gasteiger partial charge in [0.2, 0.25) is 0 Å². The molecular formula is C18H40O2. The van der Waals surface area contributed by atoms with E-state index in [1.807, 2.05) is 0 Å². The molecule has 1 fully saturated rings. The van der Waals surface area contributed by atoms with Crippen molar-refractivity contribution in [2.24, 2.45) is 5.92 Å². The Labute approximate surface area is 128 Å². The minimum Gasteiger partial charge on any atom is -0.394 e. The van der Waals surface area contributed by atoms with Crippen LogP contribution in [-0.2, 0) is 4.74 Å². The van der Waals surface area contributed by atoms with Crippen LogP contribution in [0.25, 0.3) is 0 Å². The summed E-state index contributed by atoms with van der Waals surface area (Å²) in [4.78, 5) is 0. The van der Waals surface area contributed by atoms with Gasteiger partial charge in [-0.15, -0.1) is 0 Å². The molecule has 2 heteroatoms. The molecule has 0 spiro atoms. The normalized spacial score (nSPS) is 21.9. The van der Waals surface area contributed by atoms with Crippen molar-refractivity contribution in [3.05, 3.63) is 0 Å². The predicted octanol–water partition coefficient (Wildman–Crippen LogP) is 5.58. The lowest BCUT2D eigenvalue weighted by Crippen LogP contribution is -2.22. The predicted molar refractivity (Wildman–Crippen MR) is 90.2 cm³/mol. The Kier molecular flexibility index (Phi) is 17.0. The zero-order chi connectivity index (χ0) is 13.1. The Morgan fingerprint density at radius 3 is 2.10 bits per heavy atom. The van der Waals surface area contributed by atoms with Crippen molar-refractivity contribution in [3.8, 4) is 0 Å². The fourth-order valence-corrected chi connectivity index (χ4v) is 3.02. The van der Waals surface area contributed by atoms with Crippen LogP contribution in [0, 0.1) is 5.92 Å². The summed E-state index contributed by atoms with van der Waals surface area (Å²) < 4.78 is 5.60. The highest BCUT2D eigenvalue weighted by Gasteiger charge is 2.20. The fraction of sp³-hybridized carbons (Fsp3) is 1.00. The first-order chi connectivity index (χ1) is 8.86. The van der Waals surface area contributed by atoms with Gasteiger partial charge in [0.15, 0.2) is 0 Å². The lowest BCUT2D eigenvalue weighted by molar-refractivity contribution is -0.000329. The van der Waals surface area contributed by atoms with Crippen molar-refractivity contribution >= 4 is 0 Å². The monoisotopic (exact) mass is 288 g/mol. The number of hydrogen-bond donors (Lipinski definition) is 1. The van der Waals surface area contributed by atoms with Gasteiger partial charge in [0.25, 0.3) is 0 Å². The van der Waals surface area contributed by atoms with Crippen LogP contribution in [0.4, 0.5) is 0 Å². The Bertz CT molecular complexity index is 174. The summed E-state index contributed by atoms with van der Waals surface area (Å²) in [6.07, 6.45) is 15.4. The maximum atomic E-state index is 8.73. The molecule has 0 heterocycles. The topological polar surface area (TPSA) is 29.5 Å². The average molecular weight is 289 g/mol. The highest BCUT2D eigenvalue weighted by Crippen LogP contribution is 2.30. The highest BCUT2D eigenvalue weighted by molar-refractivity contribution is 4.72. The molecule has 2 nitrogen and oxygen atoms in total. The van der Waals surface area contributed by atoms with Crippen LogP contribution in [0.15, 0.2) is 0 Å². The standard InChI is InChI=1S/C16H32O2.2CH4/c1-2-3-4-5-6-7-8-15-9-11-16(12-10-15)18-14-13-17;;/h15-17H,2-14H2,1H3;2*1H4. The molecule has 0 aliphatic heterocycles. The first kappa shape index (κ1) is 22.2. The number of rotatable bonds is 10. The Morgan fingerprint density at radius 1 is 0.900 bits per heavy atom. The van der Waals surface area contributed by atoms with Crippen molar-refractivity contribution in [2.45, 2.75) is 98.5 Å². The third-order valence-electron chi connectivity index (χ3n) is 4.20. The average Bonchev–Trinajstić information content (AvgIpc) is 2.42. The Balaban J connectivity index is 0. The lowest BCUT2D eigenvalue weighted by atomic mass is 9.84. The molecule has 0 aromatic carbocycles. The van der Waals surface area contributed by atoms with Crippen molar-refractivity contribution in [3.63, 3.8) is 0 Å². The zero-order valence-electron chi connectivity index (χ0n) is 12.2. The van der Waals surface area contributed by atoms with E-state index >= 15 is 0 Å². The van der Waals surface area contributed by atoms with Crippen LogP contribution in [0.2, 0.25) is 0 Å². The van der Waals surface area contributed by atoms with Crippen molar-refractivity contribution < 1.29 is 9.84 Å². The molecule has 124 valence electrons. The molecular weight excluding hydrogens is 248 g/mol. The molecule has 0 aromatic rings. The van der Waals surface area contributed by atoms with E-state index in [0.29, 0.717) is 12.7 Å². The van der Waals surface area contributed by atoms with E-state index in [1.54, 1.807) is 0 Å². The van der Waals surface area contributed by atoms with E-state index in [1.165, 1.54) is 70.6 Å². The largest absolute Gasteiger partial charge is 0.394 e. The van der Waals surface area contributed by atoms with Gasteiger partial charge in [-0.05, 0) is 31.6 Å². The summed E-state index contributed by atoms with van der Waals surface area (Å²) in [5.74, 6) is 0.949. The molecule has 20 heavy (non-hydrogen) atoms. The van der Waals surface area contributed by atoms with E-state index in [-0.39, 0.29) is 21.5 Å². The minimum atomic E-state index is 0. The zero-order valence-corrected chi connectivity index (χ0v) is 12.2. The van der Waals surface area contributed by atoms with Gasteiger partial charge in [-0.3, -0.25) is 0 Å². The maximum absolute atomic E-state index is 8.73. The molecule has 0 aromatic heterocycles. The number of unbranched alkanes of at least 4 members (excludes halogenated alkanes) is 5. The minimum absolute atomic E-state index is 0. The molecule has 1 rings (SSSR count). The first-order valence-electron chi connectivity index (χ1n) is 8.09. The number of hydrogen-bond acceptors (Lipinski definition) is 2.